The number of allylic oxidation sites excluding steroid dienone is 1. The molecule has 0 spiro atoms. The van der Waals surface area contributed by atoms with E-state index in [4.69, 9.17) is 4.74 Å². The van der Waals surface area contributed by atoms with Crippen LogP contribution in [-0.4, -0.2) is 23.7 Å². The largest absolute Gasteiger partial charge is 0.478 e. The molecule has 4 heteroatoms. The monoisotopic (exact) mass is 268 g/mol. The number of hydrogen-bond donors (Lipinski definition) is 1. The lowest BCUT2D eigenvalue weighted by Crippen LogP contribution is -2.21. The van der Waals surface area contributed by atoms with Gasteiger partial charge in [0.25, 0.3) is 0 Å². The Bertz CT molecular complexity index is 364. The van der Waals surface area contributed by atoms with Gasteiger partial charge in [-0.25, -0.2) is 9.59 Å². The van der Waals surface area contributed by atoms with Gasteiger partial charge in [-0.1, -0.05) is 33.8 Å². The molecule has 0 aliphatic heterocycles. The highest BCUT2D eigenvalue weighted by molar-refractivity contribution is 6.00. The predicted molar refractivity (Wildman–Crippen MR) is 74.7 cm³/mol. The normalized spacial score (nSPS) is 12.3. The van der Waals surface area contributed by atoms with Crippen molar-refractivity contribution in [3.8, 4) is 0 Å². The van der Waals surface area contributed by atoms with Crippen molar-refractivity contribution in [2.75, 3.05) is 6.61 Å². The summed E-state index contributed by atoms with van der Waals surface area (Å²) in [6.07, 6.45) is 3.22. The molecule has 0 saturated heterocycles. The smallest absolute Gasteiger partial charge is 0.334 e. The lowest BCUT2D eigenvalue weighted by Gasteiger charge is -2.17. The fraction of sp³-hybridized carbons (Fsp3) is 0.600. The van der Waals surface area contributed by atoms with Gasteiger partial charge in [-0.05, 0) is 24.7 Å². The first-order valence-corrected chi connectivity index (χ1v) is 6.58. The van der Waals surface area contributed by atoms with Crippen LogP contribution in [0.25, 0.3) is 0 Å². The number of aliphatic carboxylic acids is 1. The molecule has 0 aromatic heterocycles. The van der Waals surface area contributed by atoms with Gasteiger partial charge in [0, 0.05) is 0 Å². The van der Waals surface area contributed by atoms with Crippen molar-refractivity contribution < 1.29 is 19.4 Å². The van der Waals surface area contributed by atoms with Crippen LogP contribution in [0.2, 0.25) is 0 Å². The standard InChI is InChI=1S/C15H24O4/c1-6-7-8-9-19-15(18)13(11(4)5)12(10(2)3)14(16)17/h6,10-11H,1,7-9H2,2-5H3,(H,16,17)/b13-12-. The second-order valence-corrected chi connectivity index (χ2v) is 5.01. The highest BCUT2D eigenvalue weighted by atomic mass is 16.5. The number of unbranched alkanes of at least 4 members (excludes halogenated alkanes) is 1. The minimum atomic E-state index is -1.05. The number of carbonyl (C=O) groups is 2. The van der Waals surface area contributed by atoms with Gasteiger partial charge >= 0.3 is 11.9 Å². The van der Waals surface area contributed by atoms with Crippen molar-refractivity contribution in [2.24, 2.45) is 11.8 Å². The third-order valence-electron chi connectivity index (χ3n) is 2.68. The lowest BCUT2D eigenvalue weighted by molar-refractivity contribution is -0.141. The molecule has 0 heterocycles. The molecule has 1 N–H and O–H groups in total. The minimum absolute atomic E-state index is 0.142. The third kappa shape index (κ3) is 5.73. The van der Waals surface area contributed by atoms with Gasteiger partial charge in [0.2, 0.25) is 0 Å². The summed E-state index contributed by atoms with van der Waals surface area (Å²) in [5.74, 6) is -1.98. The molecule has 0 aromatic carbocycles. The Kier molecular flexibility index (Phi) is 7.80. The topological polar surface area (TPSA) is 63.6 Å². The zero-order valence-electron chi connectivity index (χ0n) is 12.2. The highest BCUT2D eigenvalue weighted by Crippen LogP contribution is 2.23. The maximum atomic E-state index is 12.0. The summed E-state index contributed by atoms with van der Waals surface area (Å²) in [6, 6.07) is 0. The lowest BCUT2D eigenvalue weighted by atomic mass is 9.90. The molecule has 0 rings (SSSR count). The third-order valence-corrected chi connectivity index (χ3v) is 2.68. The Labute approximate surface area is 115 Å². The molecule has 0 atom stereocenters. The maximum absolute atomic E-state index is 12.0. The van der Waals surface area contributed by atoms with E-state index in [1.807, 2.05) is 0 Å². The molecule has 108 valence electrons. The van der Waals surface area contributed by atoms with Crippen LogP contribution in [0.1, 0.15) is 40.5 Å². The number of ether oxygens (including phenoxy) is 1. The first kappa shape index (κ1) is 17.4. The Morgan fingerprint density at radius 2 is 1.68 bits per heavy atom. The van der Waals surface area contributed by atoms with E-state index in [1.54, 1.807) is 33.8 Å². The second kappa shape index (κ2) is 8.51. The number of carbonyl (C=O) groups excluding carboxylic acids is 1. The summed E-state index contributed by atoms with van der Waals surface area (Å²) >= 11 is 0. The van der Waals surface area contributed by atoms with Crippen molar-refractivity contribution in [3.63, 3.8) is 0 Å². The number of hydrogen-bond acceptors (Lipinski definition) is 3. The molecule has 0 aromatic rings. The molecule has 0 amide bonds. The summed E-state index contributed by atoms with van der Waals surface area (Å²) in [6.45, 7) is 11.0. The number of esters is 1. The summed E-state index contributed by atoms with van der Waals surface area (Å²) < 4.78 is 5.14. The summed E-state index contributed by atoms with van der Waals surface area (Å²) in [5.41, 5.74) is 0.407. The molecule has 0 fully saturated rings. The van der Waals surface area contributed by atoms with Crippen LogP contribution >= 0.6 is 0 Å². The quantitative estimate of drug-likeness (QED) is 0.318. The molecular weight excluding hydrogens is 244 g/mol. The van der Waals surface area contributed by atoms with Gasteiger partial charge in [0.05, 0.1) is 17.8 Å². The summed E-state index contributed by atoms with van der Waals surface area (Å²) in [5, 5.41) is 9.24. The van der Waals surface area contributed by atoms with E-state index in [1.165, 1.54) is 0 Å². The van der Waals surface area contributed by atoms with Gasteiger partial charge in [-0.3, -0.25) is 0 Å². The van der Waals surface area contributed by atoms with Crippen molar-refractivity contribution in [3.05, 3.63) is 23.8 Å². The van der Waals surface area contributed by atoms with Crippen molar-refractivity contribution >= 4 is 11.9 Å². The van der Waals surface area contributed by atoms with E-state index >= 15 is 0 Å². The van der Waals surface area contributed by atoms with E-state index < -0.39 is 11.9 Å². The van der Waals surface area contributed by atoms with E-state index in [2.05, 4.69) is 6.58 Å². The fourth-order valence-electron chi connectivity index (χ4n) is 1.80. The van der Waals surface area contributed by atoms with Crippen LogP contribution in [0.5, 0.6) is 0 Å². The Balaban J connectivity index is 5.08. The molecule has 0 unspecified atom stereocenters. The van der Waals surface area contributed by atoms with Crippen LogP contribution in [0.4, 0.5) is 0 Å². The van der Waals surface area contributed by atoms with Gasteiger partial charge in [-0.2, -0.15) is 0 Å². The van der Waals surface area contributed by atoms with Crippen molar-refractivity contribution in [1.82, 2.24) is 0 Å². The molecule has 0 bridgehead atoms. The highest BCUT2D eigenvalue weighted by Gasteiger charge is 2.26. The number of carboxylic acid groups (broad SMARTS) is 1. The zero-order chi connectivity index (χ0) is 15.0. The first-order valence-electron chi connectivity index (χ1n) is 6.58. The number of rotatable bonds is 8. The summed E-state index contributed by atoms with van der Waals surface area (Å²) in [7, 11) is 0. The molecule has 0 aliphatic rings. The van der Waals surface area contributed by atoms with Crippen LogP contribution in [-0.2, 0) is 14.3 Å². The van der Waals surface area contributed by atoms with E-state index in [-0.39, 0.29) is 29.6 Å². The van der Waals surface area contributed by atoms with Gasteiger partial charge < -0.3 is 9.84 Å². The molecule has 0 saturated carbocycles. The van der Waals surface area contributed by atoms with E-state index in [0.29, 0.717) is 6.42 Å². The van der Waals surface area contributed by atoms with E-state index in [0.717, 1.165) is 6.42 Å². The van der Waals surface area contributed by atoms with Gasteiger partial charge in [0.1, 0.15) is 0 Å². The van der Waals surface area contributed by atoms with Crippen LogP contribution in [0.3, 0.4) is 0 Å². The van der Waals surface area contributed by atoms with Gasteiger partial charge in [-0.15, -0.1) is 6.58 Å². The Morgan fingerprint density at radius 1 is 1.16 bits per heavy atom. The Hall–Kier alpha value is -1.58. The second-order valence-electron chi connectivity index (χ2n) is 5.01. The molecule has 0 aliphatic carbocycles. The molecule has 19 heavy (non-hydrogen) atoms. The predicted octanol–water partition coefficient (Wildman–Crippen LogP) is 3.19. The molecular formula is C15H24O4. The zero-order valence-corrected chi connectivity index (χ0v) is 12.2. The fourth-order valence-corrected chi connectivity index (χ4v) is 1.80. The maximum Gasteiger partial charge on any atom is 0.334 e. The van der Waals surface area contributed by atoms with Crippen LogP contribution < -0.4 is 0 Å². The van der Waals surface area contributed by atoms with Crippen LogP contribution in [0, 0.1) is 11.8 Å². The van der Waals surface area contributed by atoms with Crippen molar-refractivity contribution in [2.45, 2.75) is 40.5 Å². The molecule has 4 nitrogen and oxygen atoms in total. The summed E-state index contributed by atoms with van der Waals surface area (Å²) in [4.78, 5) is 23.3. The van der Waals surface area contributed by atoms with Crippen molar-refractivity contribution in [1.29, 1.82) is 0 Å². The van der Waals surface area contributed by atoms with Gasteiger partial charge in [0.15, 0.2) is 0 Å². The van der Waals surface area contributed by atoms with Crippen LogP contribution in [0.15, 0.2) is 23.8 Å². The van der Waals surface area contributed by atoms with E-state index in [9.17, 15) is 14.7 Å². The Morgan fingerprint density at radius 3 is 2.05 bits per heavy atom. The average Bonchev–Trinajstić information content (AvgIpc) is 2.29. The molecule has 0 radical (unpaired) electrons. The minimum Gasteiger partial charge on any atom is -0.478 e. The average molecular weight is 268 g/mol. The SMILES string of the molecule is C=CCCCOC(=O)/C(=C(\C(=O)O)C(C)C)C(C)C. The first-order chi connectivity index (χ1) is 8.82. The number of carboxylic acids is 1.